The van der Waals surface area contributed by atoms with Crippen molar-refractivity contribution in [1.82, 2.24) is 4.98 Å². The van der Waals surface area contributed by atoms with Crippen molar-refractivity contribution in [3.05, 3.63) is 83.7 Å². The van der Waals surface area contributed by atoms with E-state index < -0.39 is 0 Å². The van der Waals surface area contributed by atoms with E-state index in [0.717, 1.165) is 22.6 Å². The lowest BCUT2D eigenvalue weighted by atomic mass is 10.0. The van der Waals surface area contributed by atoms with Gasteiger partial charge < -0.3 is 10.6 Å². The molecule has 132 valence electrons. The number of nitrogens with one attached hydrogen (secondary N) is 2. The average Bonchev–Trinajstić information content (AvgIpc) is 2.64. The lowest BCUT2D eigenvalue weighted by Gasteiger charge is -2.15. The molecular weight excluding hydrogens is 322 g/mol. The molecule has 3 aromatic rings. The van der Waals surface area contributed by atoms with E-state index in [1.54, 1.807) is 12.4 Å². The Kier molecular flexibility index (Phi) is 5.32. The van der Waals surface area contributed by atoms with Crippen molar-refractivity contribution in [2.24, 2.45) is 0 Å². The Balaban J connectivity index is 1.81. The minimum absolute atomic E-state index is 0.174. The molecule has 26 heavy (non-hydrogen) atoms. The number of amides is 1. The summed E-state index contributed by atoms with van der Waals surface area (Å²) in [6.45, 7) is 6.28. The van der Waals surface area contributed by atoms with Gasteiger partial charge in [-0.3, -0.25) is 9.78 Å². The van der Waals surface area contributed by atoms with Crippen LogP contribution in [0.5, 0.6) is 0 Å². The fraction of sp³-hybridized carbons (Fsp3) is 0.182. The summed E-state index contributed by atoms with van der Waals surface area (Å²) in [7, 11) is 0. The number of anilines is 3. The van der Waals surface area contributed by atoms with Crippen LogP contribution in [0.2, 0.25) is 0 Å². The lowest BCUT2D eigenvalue weighted by molar-refractivity contribution is 0.102. The summed E-state index contributed by atoms with van der Waals surface area (Å²) < 4.78 is 0. The molecule has 1 aromatic heterocycles. The summed E-state index contributed by atoms with van der Waals surface area (Å²) in [5.74, 6) is 0.229. The number of benzene rings is 2. The highest BCUT2D eigenvalue weighted by atomic mass is 16.1. The normalized spacial score (nSPS) is 10.6. The Morgan fingerprint density at radius 1 is 0.962 bits per heavy atom. The van der Waals surface area contributed by atoms with Crippen LogP contribution in [-0.2, 0) is 0 Å². The molecule has 0 aliphatic carbocycles. The highest BCUT2D eigenvalue weighted by Gasteiger charge is 2.10. The van der Waals surface area contributed by atoms with E-state index in [1.165, 1.54) is 5.56 Å². The molecule has 0 saturated carbocycles. The molecule has 0 saturated heterocycles. The molecular formula is C22H23N3O. The van der Waals surface area contributed by atoms with Gasteiger partial charge in [0.15, 0.2) is 0 Å². The Hall–Kier alpha value is -3.14. The molecule has 4 nitrogen and oxygen atoms in total. The van der Waals surface area contributed by atoms with Crippen LogP contribution >= 0.6 is 0 Å². The van der Waals surface area contributed by atoms with Crippen LogP contribution in [0.15, 0.2) is 67.0 Å². The van der Waals surface area contributed by atoms with Crippen LogP contribution in [0, 0.1) is 6.92 Å². The molecule has 1 amide bonds. The van der Waals surface area contributed by atoms with Gasteiger partial charge in [0.1, 0.15) is 0 Å². The average molecular weight is 345 g/mol. The Labute approximate surface area is 154 Å². The molecule has 2 N–H and O–H groups in total. The zero-order valence-electron chi connectivity index (χ0n) is 15.3. The van der Waals surface area contributed by atoms with Crippen LogP contribution in [0.4, 0.5) is 17.1 Å². The predicted octanol–water partition coefficient (Wildman–Crippen LogP) is 5.51. The van der Waals surface area contributed by atoms with Gasteiger partial charge in [-0.1, -0.05) is 50.2 Å². The fourth-order valence-corrected chi connectivity index (χ4v) is 2.81. The largest absolute Gasteiger partial charge is 0.354 e. The maximum atomic E-state index is 12.6. The highest BCUT2D eigenvalue weighted by molar-refractivity contribution is 6.05. The van der Waals surface area contributed by atoms with Crippen LogP contribution in [-0.4, -0.2) is 10.9 Å². The van der Waals surface area contributed by atoms with E-state index in [4.69, 9.17) is 0 Å². The summed E-state index contributed by atoms with van der Waals surface area (Å²) >= 11 is 0. The van der Waals surface area contributed by atoms with Gasteiger partial charge in [0, 0.05) is 17.6 Å². The number of hydrogen-bond acceptors (Lipinski definition) is 3. The van der Waals surface area contributed by atoms with E-state index >= 15 is 0 Å². The van der Waals surface area contributed by atoms with Gasteiger partial charge in [0.2, 0.25) is 0 Å². The number of carbonyl (C=O) groups excluding carboxylic acids is 1. The Morgan fingerprint density at radius 3 is 2.38 bits per heavy atom. The SMILES string of the molecule is Cc1ccccc1NC(=O)c1cncc(Nc2ccccc2C(C)C)c1. The molecule has 0 aliphatic heterocycles. The number of para-hydroxylation sites is 2. The van der Waals surface area contributed by atoms with Crippen LogP contribution < -0.4 is 10.6 Å². The maximum Gasteiger partial charge on any atom is 0.257 e. The number of aromatic nitrogens is 1. The molecule has 0 unspecified atom stereocenters. The molecule has 0 spiro atoms. The summed E-state index contributed by atoms with van der Waals surface area (Å²) in [5.41, 5.74) is 5.38. The first-order chi connectivity index (χ1) is 12.5. The fourth-order valence-electron chi connectivity index (χ4n) is 2.81. The predicted molar refractivity (Wildman–Crippen MR) is 107 cm³/mol. The van der Waals surface area contributed by atoms with Crippen molar-refractivity contribution in [3.8, 4) is 0 Å². The molecule has 0 fully saturated rings. The molecule has 0 aliphatic rings. The number of hydrogen-bond donors (Lipinski definition) is 2. The van der Waals surface area contributed by atoms with Gasteiger partial charge >= 0.3 is 0 Å². The first-order valence-corrected chi connectivity index (χ1v) is 8.72. The zero-order valence-corrected chi connectivity index (χ0v) is 15.3. The third-order valence-corrected chi connectivity index (χ3v) is 4.26. The van der Waals surface area contributed by atoms with Gasteiger partial charge in [0.05, 0.1) is 17.4 Å². The molecule has 4 heteroatoms. The van der Waals surface area contributed by atoms with Crippen molar-refractivity contribution in [2.45, 2.75) is 26.7 Å². The van der Waals surface area contributed by atoms with E-state index in [0.29, 0.717) is 11.5 Å². The lowest BCUT2D eigenvalue weighted by Crippen LogP contribution is -2.13. The highest BCUT2D eigenvalue weighted by Crippen LogP contribution is 2.27. The van der Waals surface area contributed by atoms with E-state index in [2.05, 4.69) is 35.5 Å². The summed E-state index contributed by atoms with van der Waals surface area (Å²) in [5, 5.41) is 6.32. The van der Waals surface area contributed by atoms with Crippen LogP contribution in [0.25, 0.3) is 0 Å². The molecule has 1 heterocycles. The van der Waals surface area contributed by atoms with Gasteiger partial charge in [-0.2, -0.15) is 0 Å². The van der Waals surface area contributed by atoms with Gasteiger partial charge in [0.25, 0.3) is 5.91 Å². The molecule has 0 bridgehead atoms. The minimum Gasteiger partial charge on any atom is -0.354 e. The molecule has 3 rings (SSSR count). The third-order valence-electron chi connectivity index (χ3n) is 4.26. The molecule has 0 radical (unpaired) electrons. The summed E-state index contributed by atoms with van der Waals surface area (Å²) in [6, 6.07) is 17.7. The van der Waals surface area contributed by atoms with Crippen molar-refractivity contribution < 1.29 is 4.79 Å². The van der Waals surface area contributed by atoms with Crippen LogP contribution in [0.3, 0.4) is 0 Å². The van der Waals surface area contributed by atoms with Gasteiger partial charge in [-0.25, -0.2) is 0 Å². The third kappa shape index (κ3) is 4.09. The monoisotopic (exact) mass is 345 g/mol. The smallest absolute Gasteiger partial charge is 0.257 e. The first-order valence-electron chi connectivity index (χ1n) is 8.72. The van der Waals surface area contributed by atoms with Crippen LogP contribution in [0.1, 0.15) is 41.3 Å². The Morgan fingerprint density at radius 2 is 1.65 bits per heavy atom. The minimum atomic E-state index is -0.174. The number of nitrogens with zero attached hydrogens (tertiary/aromatic N) is 1. The molecule has 2 aromatic carbocycles. The summed E-state index contributed by atoms with van der Waals surface area (Å²) in [4.78, 5) is 16.8. The van der Waals surface area contributed by atoms with E-state index in [-0.39, 0.29) is 5.91 Å². The second kappa shape index (κ2) is 7.83. The standard InChI is InChI=1S/C22H23N3O/c1-15(2)19-9-5-7-11-21(19)24-18-12-17(13-23-14-18)22(26)25-20-10-6-4-8-16(20)3/h4-15,24H,1-3H3,(H,25,26). The van der Waals surface area contributed by atoms with E-state index in [9.17, 15) is 4.79 Å². The van der Waals surface area contributed by atoms with E-state index in [1.807, 2.05) is 55.5 Å². The number of rotatable bonds is 5. The maximum absolute atomic E-state index is 12.6. The quantitative estimate of drug-likeness (QED) is 0.641. The van der Waals surface area contributed by atoms with Crippen molar-refractivity contribution in [2.75, 3.05) is 10.6 Å². The van der Waals surface area contributed by atoms with Crippen molar-refractivity contribution in [3.63, 3.8) is 0 Å². The van der Waals surface area contributed by atoms with Gasteiger partial charge in [-0.15, -0.1) is 0 Å². The van der Waals surface area contributed by atoms with Crippen molar-refractivity contribution >= 4 is 23.0 Å². The molecule has 0 atom stereocenters. The topological polar surface area (TPSA) is 54.0 Å². The second-order valence-electron chi connectivity index (χ2n) is 6.60. The summed E-state index contributed by atoms with van der Waals surface area (Å²) in [6.07, 6.45) is 3.30. The second-order valence-corrected chi connectivity index (χ2v) is 6.60. The first kappa shape index (κ1) is 17.7. The number of pyridine rings is 1. The van der Waals surface area contributed by atoms with Gasteiger partial charge in [-0.05, 0) is 42.2 Å². The number of carbonyl (C=O) groups is 1. The zero-order chi connectivity index (χ0) is 18.5. The Bertz CT molecular complexity index is 919. The van der Waals surface area contributed by atoms with Crippen molar-refractivity contribution in [1.29, 1.82) is 0 Å². The number of aryl methyl sites for hydroxylation is 1.